The summed E-state index contributed by atoms with van der Waals surface area (Å²) in [6.45, 7) is 2.27. The van der Waals surface area contributed by atoms with Gasteiger partial charge in [0.05, 0.1) is 6.20 Å². The molecule has 0 radical (unpaired) electrons. The van der Waals surface area contributed by atoms with Crippen LogP contribution in [0.2, 0.25) is 0 Å². The summed E-state index contributed by atoms with van der Waals surface area (Å²) in [5.41, 5.74) is 5.07. The van der Waals surface area contributed by atoms with E-state index in [1.165, 1.54) is 0 Å². The van der Waals surface area contributed by atoms with Gasteiger partial charge in [-0.1, -0.05) is 0 Å². The third-order valence-corrected chi connectivity index (χ3v) is 2.72. The lowest BCUT2D eigenvalue weighted by molar-refractivity contribution is 0.0937. The standard InChI is InChI=1S/C10H12N6O/c1-6-14-8(7-3-12-15(2)4-7)9-10(17)11-5-13-16(6)9/h3-4,13H,5H2,1-2H3,(H,11,17). The van der Waals surface area contributed by atoms with Gasteiger partial charge in [0.15, 0.2) is 5.69 Å². The highest BCUT2D eigenvalue weighted by atomic mass is 16.2. The number of nitrogens with zero attached hydrogens (tertiary/aromatic N) is 4. The first-order chi connectivity index (χ1) is 8.16. The summed E-state index contributed by atoms with van der Waals surface area (Å²) in [7, 11) is 1.83. The van der Waals surface area contributed by atoms with Gasteiger partial charge in [-0.05, 0) is 6.92 Å². The highest BCUT2D eigenvalue weighted by Crippen LogP contribution is 2.23. The van der Waals surface area contributed by atoms with Crippen molar-refractivity contribution in [2.24, 2.45) is 7.05 Å². The van der Waals surface area contributed by atoms with E-state index in [0.29, 0.717) is 18.1 Å². The van der Waals surface area contributed by atoms with Gasteiger partial charge < -0.3 is 10.7 Å². The molecule has 3 rings (SSSR count). The van der Waals surface area contributed by atoms with Crippen LogP contribution in [0.1, 0.15) is 16.3 Å². The van der Waals surface area contributed by atoms with E-state index in [0.717, 1.165) is 11.4 Å². The van der Waals surface area contributed by atoms with Crippen LogP contribution in [0.3, 0.4) is 0 Å². The van der Waals surface area contributed by atoms with Gasteiger partial charge in [0.1, 0.15) is 18.2 Å². The number of hydrogen-bond donors (Lipinski definition) is 2. The molecule has 0 saturated heterocycles. The Bertz CT molecular complexity index is 596. The molecule has 2 aromatic rings. The number of rotatable bonds is 1. The van der Waals surface area contributed by atoms with Crippen LogP contribution in [0.25, 0.3) is 11.3 Å². The Morgan fingerprint density at radius 3 is 3.00 bits per heavy atom. The molecule has 0 atom stereocenters. The van der Waals surface area contributed by atoms with Gasteiger partial charge in [-0.15, -0.1) is 0 Å². The smallest absolute Gasteiger partial charge is 0.273 e. The minimum absolute atomic E-state index is 0.122. The molecule has 0 saturated carbocycles. The number of aryl methyl sites for hydroxylation is 2. The minimum Gasteiger partial charge on any atom is -0.332 e. The number of imidazole rings is 1. The lowest BCUT2D eigenvalue weighted by Gasteiger charge is -2.18. The van der Waals surface area contributed by atoms with E-state index in [9.17, 15) is 4.79 Å². The number of amides is 1. The van der Waals surface area contributed by atoms with Gasteiger partial charge in [0, 0.05) is 18.8 Å². The average molecular weight is 232 g/mol. The Kier molecular flexibility index (Phi) is 1.94. The fourth-order valence-electron chi connectivity index (χ4n) is 1.96. The maximum absolute atomic E-state index is 11.9. The molecule has 17 heavy (non-hydrogen) atoms. The quantitative estimate of drug-likeness (QED) is 0.716. The predicted octanol–water partition coefficient (Wildman–Crippen LogP) is -0.164. The van der Waals surface area contributed by atoms with Crippen LogP contribution in [0.15, 0.2) is 12.4 Å². The van der Waals surface area contributed by atoms with Crippen molar-refractivity contribution >= 4 is 5.91 Å². The van der Waals surface area contributed by atoms with E-state index in [1.807, 2.05) is 20.2 Å². The normalized spacial score (nSPS) is 14.1. The van der Waals surface area contributed by atoms with Crippen molar-refractivity contribution in [3.05, 3.63) is 23.9 Å². The van der Waals surface area contributed by atoms with Crippen molar-refractivity contribution in [2.45, 2.75) is 6.92 Å². The summed E-state index contributed by atoms with van der Waals surface area (Å²) < 4.78 is 3.39. The Balaban J connectivity index is 2.21. The van der Waals surface area contributed by atoms with E-state index in [4.69, 9.17) is 0 Å². The topological polar surface area (TPSA) is 76.8 Å². The zero-order valence-electron chi connectivity index (χ0n) is 9.56. The van der Waals surface area contributed by atoms with Crippen LogP contribution in [0.5, 0.6) is 0 Å². The Morgan fingerprint density at radius 1 is 1.47 bits per heavy atom. The molecule has 88 valence electrons. The van der Waals surface area contributed by atoms with Gasteiger partial charge in [-0.3, -0.25) is 9.48 Å². The van der Waals surface area contributed by atoms with Gasteiger partial charge in [0.2, 0.25) is 0 Å². The molecule has 2 aromatic heterocycles. The van der Waals surface area contributed by atoms with Crippen LogP contribution in [-0.4, -0.2) is 32.0 Å². The van der Waals surface area contributed by atoms with Crippen LogP contribution in [0, 0.1) is 6.92 Å². The Hall–Kier alpha value is -2.31. The van der Waals surface area contributed by atoms with Gasteiger partial charge in [0.25, 0.3) is 5.91 Å². The first-order valence-corrected chi connectivity index (χ1v) is 5.27. The van der Waals surface area contributed by atoms with Crippen molar-refractivity contribution in [1.29, 1.82) is 0 Å². The van der Waals surface area contributed by atoms with Crippen LogP contribution in [-0.2, 0) is 7.05 Å². The predicted molar refractivity (Wildman–Crippen MR) is 60.9 cm³/mol. The summed E-state index contributed by atoms with van der Waals surface area (Å²) in [6, 6.07) is 0. The number of nitrogens with one attached hydrogen (secondary N) is 2. The molecule has 0 spiro atoms. The lowest BCUT2D eigenvalue weighted by atomic mass is 10.2. The third kappa shape index (κ3) is 1.39. The molecule has 3 heterocycles. The minimum atomic E-state index is -0.122. The average Bonchev–Trinajstić information content (AvgIpc) is 2.85. The second-order valence-electron chi connectivity index (χ2n) is 3.94. The molecule has 1 aliphatic rings. The van der Waals surface area contributed by atoms with Crippen molar-refractivity contribution in [2.75, 3.05) is 12.1 Å². The highest BCUT2D eigenvalue weighted by molar-refractivity contribution is 5.99. The van der Waals surface area contributed by atoms with Gasteiger partial charge >= 0.3 is 0 Å². The zero-order chi connectivity index (χ0) is 12.0. The summed E-state index contributed by atoms with van der Waals surface area (Å²) in [6.07, 6.45) is 3.54. The highest BCUT2D eigenvalue weighted by Gasteiger charge is 2.25. The van der Waals surface area contributed by atoms with E-state index >= 15 is 0 Å². The molecule has 0 aliphatic carbocycles. The van der Waals surface area contributed by atoms with Crippen molar-refractivity contribution in [1.82, 2.24) is 24.8 Å². The molecule has 0 bridgehead atoms. The molecule has 1 aliphatic heterocycles. The van der Waals surface area contributed by atoms with E-state index < -0.39 is 0 Å². The monoisotopic (exact) mass is 232 g/mol. The first-order valence-electron chi connectivity index (χ1n) is 5.27. The van der Waals surface area contributed by atoms with Crippen molar-refractivity contribution in [3.63, 3.8) is 0 Å². The fourth-order valence-corrected chi connectivity index (χ4v) is 1.96. The van der Waals surface area contributed by atoms with Crippen molar-refractivity contribution < 1.29 is 4.79 Å². The molecular weight excluding hydrogens is 220 g/mol. The number of fused-ring (bicyclic) bond motifs is 1. The summed E-state index contributed by atoms with van der Waals surface area (Å²) in [5, 5.41) is 6.82. The van der Waals surface area contributed by atoms with Crippen LogP contribution < -0.4 is 10.7 Å². The second kappa shape index (κ2) is 3.34. The summed E-state index contributed by atoms with van der Waals surface area (Å²) in [5.74, 6) is 0.636. The number of carbonyl (C=O) groups excluding carboxylic acids is 1. The molecule has 0 unspecified atom stereocenters. The maximum atomic E-state index is 11.9. The molecular formula is C10H12N6O. The molecule has 7 heteroatoms. The molecule has 1 amide bonds. The number of hydrogen-bond acceptors (Lipinski definition) is 4. The van der Waals surface area contributed by atoms with Gasteiger partial charge in [-0.25, -0.2) is 9.66 Å². The second-order valence-corrected chi connectivity index (χ2v) is 3.94. The number of aromatic nitrogens is 4. The van der Waals surface area contributed by atoms with Crippen molar-refractivity contribution in [3.8, 4) is 11.3 Å². The Labute approximate surface area is 97.4 Å². The van der Waals surface area contributed by atoms with E-state index in [2.05, 4.69) is 20.8 Å². The fraction of sp³-hybridized carbons (Fsp3) is 0.300. The molecule has 2 N–H and O–H groups in total. The zero-order valence-corrected chi connectivity index (χ0v) is 9.56. The van der Waals surface area contributed by atoms with Crippen LogP contribution in [0.4, 0.5) is 0 Å². The van der Waals surface area contributed by atoms with Crippen LogP contribution >= 0.6 is 0 Å². The van der Waals surface area contributed by atoms with E-state index in [-0.39, 0.29) is 5.91 Å². The number of carbonyl (C=O) groups is 1. The summed E-state index contributed by atoms with van der Waals surface area (Å²) in [4.78, 5) is 16.3. The van der Waals surface area contributed by atoms with Gasteiger partial charge in [-0.2, -0.15) is 5.10 Å². The third-order valence-electron chi connectivity index (χ3n) is 2.72. The summed E-state index contributed by atoms with van der Waals surface area (Å²) >= 11 is 0. The Morgan fingerprint density at radius 2 is 2.29 bits per heavy atom. The SMILES string of the molecule is Cc1nc(-c2cnn(C)c2)c2n1NCNC2=O. The molecule has 0 fully saturated rings. The molecule has 0 aromatic carbocycles. The van der Waals surface area contributed by atoms with E-state index in [1.54, 1.807) is 15.6 Å². The molecule has 7 nitrogen and oxygen atoms in total. The first kappa shape index (κ1) is 9.88. The lowest BCUT2D eigenvalue weighted by Crippen LogP contribution is -2.41. The largest absolute Gasteiger partial charge is 0.332 e. The maximum Gasteiger partial charge on any atom is 0.273 e.